The van der Waals surface area contributed by atoms with E-state index in [2.05, 4.69) is 24.1 Å². The van der Waals surface area contributed by atoms with Crippen LogP contribution in [0.2, 0.25) is 5.02 Å². The second-order valence-corrected chi connectivity index (χ2v) is 4.45. The Morgan fingerprint density at radius 2 is 2.35 bits per heavy atom. The first kappa shape index (κ1) is 13.8. The predicted molar refractivity (Wildman–Crippen MR) is 68.8 cm³/mol. The standard InChI is InChI=1S/C12H17ClN2O2/c1-3-4-5-8(2)15-11-10(13)6-9(7-14-11)12(16)17/h6-8H,3-5H2,1-2H3,(H,14,15)(H,16,17). The molecule has 1 aromatic heterocycles. The third kappa shape index (κ3) is 4.23. The highest BCUT2D eigenvalue weighted by atomic mass is 35.5. The molecule has 1 atom stereocenters. The van der Waals surface area contributed by atoms with Crippen LogP contribution in [-0.2, 0) is 0 Å². The summed E-state index contributed by atoms with van der Waals surface area (Å²) in [6.07, 6.45) is 4.63. The minimum Gasteiger partial charge on any atom is -0.478 e. The van der Waals surface area contributed by atoms with E-state index in [0.29, 0.717) is 10.8 Å². The normalized spacial score (nSPS) is 12.2. The molecule has 2 N–H and O–H groups in total. The number of nitrogens with one attached hydrogen (secondary N) is 1. The van der Waals surface area contributed by atoms with E-state index in [1.54, 1.807) is 0 Å². The van der Waals surface area contributed by atoms with Crippen LogP contribution in [-0.4, -0.2) is 22.1 Å². The first-order chi connectivity index (χ1) is 8.04. The number of aromatic carboxylic acids is 1. The molecule has 1 rings (SSSR count). The monoisotopic (exact) mass is 256 g/mol. The van der Waals surface area contributed by atoms with Crippen molar-refractivity contribution in [1.29, 1.82) is 0 Å². The fraction of sp³-hybridized carbons (Fsp3) is 0.500. The van der Waals surface area contributed by atoms with Gasteiger partial charge in [0.25, 0.3) is 0 Å². The highest BCUT2D eigenvalue weighted by Gasteiger charge is 2.10. The molecule has 0 bridgehead atoms. The Kier molecular flexibility index (Phi) is 5.22. The molecule has 0 aromatic carbocycles. The van der Waals surface area contributed by atoms with Gasteiger partial charge in [-0.15, -0.1) is 0 Å². The van der Waals surface area contributed by atoms with Crippen molar-refractivity contribution in [3.63, 3.8) is 0 Å². The van der Waals surface area contributed by atoms with Crippen LogP contribution in [0.1, 0.15) is 43.5 Å². The Hall–Kier alpha value is -1.29. The van der Waals surface area contributed by atoms with Gasteiger partial charge in [-0.3, -0.25) is 0 Å². The lowest BCUT2D eigenvalue weighted by atomic mass is 10.1. The number of carbonyl (C=O) groups is 1. The number of halogens is 1. The molecular formula is C12H17ClN2O2. The van der Waals surface area contributed by atoms with Gasteiger partial charge in [0.1, 0.15) is 5.82 Å². The van der Waals surface area contributed by atoms with E-state index in [1.165, 1.54) is 12.3 Å². The molecule has 0 saturated heterocycles. The van der Waals surface area contributed by atoms with Gasteiger partial charge in [-0.2, -0.15) is 0 Å². The lowest BCUT2D eigenvalue weighted by Gasteiger charge is -2.15. The fourth-order valence-electron chi connectivity index (χ4n) is 1.48. The highest BCUT2D eigenvalue weighted by molar-refractivity contribution is 6.33. The third-order valence-electron chi connectivity index (χ3n) is 2.46. The fourth-order valence-corrected chi connectivity index (χ4v) is 1.70. The summed E-state index contributed by atoms with van der Waals surface area (Å²) in [5.41, 5.74) is 0.0989. The number of carboxylic acids is 1. The molecule has 0 spiro atoms. The van der Waals surface area contributed by atoms with Crippen LogP contribution >= 0.6 is 11.6 Å². The Bertz CT molecular complexity index is 396. The Labute approximate surface area is 106 Å². The molecule has 0 saturated carbocycles. The molecule has 1 unspecified atom stereocenters. The molecule has 1 aromatic rings. The van der Waals surface area contributed by atoms with E-state index in [0.717, 1.165) is 19.3 Å². The van der Waals surface area contributed by atoms with E-state index in [4.69, 9.17) is 16.7 Å². The van der Waals surface area contributed by atoms with Crippen molar-refractivity contribution in [1.82, 2.24) is 4.98 Å². The lowest BCUT2D eigenvalue weighted by molar-refractivity contribution is 0.0696. The van der Waals surface area contributed by atoms with Crippen LogP contribution in [0, 0.1) is 0 Å². The maximum absolute atomic E-state index is 10.7. The largest absolute Gasteiger partial charge is 0.478 e. The van der Waals surface area contributed by atoms with Crippen molar-refractivity contribution >= 4 is 23.4 Å². The number of anilines is 1. The zero-order valence-corrected chi connectivity index (χ0v) is 10.8. The van der Waals surface area contributed by atoms with Gasteiger partial charge in [-0.05, 0) is 19.4 Å². The maximum atomic E-state index is 10.7. The third-order valence-corrected chi connectivity index (χ3v) is 2.75. The van der Waals surface area contributed by atoms with E-state index in [1.807, 2.05) is 0 Å². The van der Waals surface area contributed by atoms with Gasteiger partial charge < -0.3 is 10.4 Å². The molecular weight excluding hydrogens is 240 g/mol. The molecule has 5 heteroatoms. The quantitative estimate of drug-likeness (QED) is 0.819. The summed E-state index contributed by atoms with van der Waals surface area (Å²) in [5, 5.41) is 12.3. The molecule has 0 amide bonds. The lowest BCUT2D eigenvalue weighted by Crippen LogP contribution is -2.16. The Balaban J connectivity index is 2.69. The van der Waals surface area contributed by atoms with Gasteiger partial charge in [-0.1, -0.05) is 31.4 Å². The predicted octanol–water partition coefficient (Wildman–Crippen LogP) is 3.42. The average molecular weight is 257 g/mol. The van der Waals surface area contributed by atoms with Crippen LogP contribution in [0.3, 0.4) is 0 Å². The summed E-state index contributed by atoms with van der Waals surface area (Å²) in [6.45, 7) is 4.19. The van der Waals surface area contributed by atoms with Crippen molar-refractivity contribution in [3.05, 3.63) is 22.8 Å². The Morgan fingerprint density at radius 1 is 1.65 bits per heavy atom. The smallest absolute Gasteiger partial charge is 0.337 e. The summed E-state index contributed by atoms with van der Waals surface area (Å²) in [7, 11) is 0. The highest BCUT2D eigenvalue weighted by Crippen LogP contribution is 2.21. The summed E-state index contributed by atoms with van der Waals surface area (Å²) in [5.74, 6) is -0.481. The van der Waals surface area contributed by atoms with Gasteiger partial charge in [0.05, 0.1) is 10.6 Å². The number of hydrogen-bond donors (Lipinski definition) is 2. The molecule has 0 fully saturated rings. The van der Waals surface area contributed by atoms with Crippen molar-refractivity contribution in [2.45, 2.75) is 39.2 Å². The van der Waals surface area contributed by atoms with Gasteiger partial charge in [-0.25, -0.2) is 9.78 Å². The number of pyridine rings is 1. The maximum Gasteiger partial charge on any atom is 0.337 e. The number of aromatic nitrogens is 1. The van der Waals surface area contributed by atoms with Crippen LogP contribution < -0.4 is 5.32 Å². The first-order valence-electron chi connectivity index (χ1n) is 5.70. The molecule has 0 aliphatic heterocycles. The number of hydrogen-bond acceptors (Lipinski definition) is 3. The van der Waals surface area contributed by atoms with Crippen LogP contribution in [0.5, 0.6) is 0 Å². The van der Waals surface area contributed by atoms with Crippen molar-refractivity contribution in [3.8, 4) is 0 Å². The number of unbranched alkanes of at least 4 members (excludes halogenated alkanes) is 1. The molecule has 0 aliphatic carbocycles. The minimum atomic E-state index is -1.02. The van der Waals surface area contributed by atoms with Crippen LogP contribution in [0.4, 0.5) is 5.82 Å². The SMILES string of the molecule is CCCCC(C)Nc1ncc(C(=O)O)cc1Cl. The molecule has 0 radical (unpaired) electrons. The molecule has 1 heterocycles. The van der Waals surface area contributed by atoms with E-state index in [9.17, 15) is 4.79 Å². The van der Waals surface area contributed by atoms with Gasteiger partial charge in [0.2, 0.25) is 0 Å². The number of nitrogens with zero attached hydrogens (tertiary/aromatic N) is 1. The molecule has 0 aliphatic rings. The second kappa shape index (κ2) is 6.45. The van der Waals surface area contributed by atoms with Crippen molar-refractivity contribution < 1.29 is 9.90 Å². The van der Waals surface area contributed by atoms with Gasteiger partial charge >= 0.3 is 5.97 Å². The van der Waals surface area contributed by atoms with E-state index >= 15 is 0 Å². The summed E-state index contributed by atoms with van der Waals surface area (Å²) < 4.78 is 0. The van der Waals surface area contributed by atoms with Gasteiger partial charge in [0, 0.05) is 12.2 Å². The molecule has 94 valence electrons. The molecule has 4 nitrogen and oxygen atoms in total. The van der Waals surface area contributed by atoms with Crippen LogP contribution in [0.15, 0.2) is 12.3 Å². The zero-order valence-electron chi connectivity index (χ0n) is 10.0. The summed E-state index contributed by atoms with van der Waals surface area (Å²) in [4.78, 5) is 14.7. The van der Waals surface area contributed by atoms with E-state index in [-0.39, 0.29) is 11.6 Å². The van der Waals surface area contributed by atoms with Crippen LogP contribution in [0.25, 0.3) is 0 Å². The average Bonchev–Trinajstić information content (AvgIpc) is 2.28. The number of carboxylic acid groups (broad SMARTS) is 1. The number of rotatable bonds is 6. The zero-order chi connectivity index (χ0) is 12.8. The summed E-state index contributed by atoms with van der Waals surface area (Å²) >= 11 is 5.96. The minimum absolute atomic E-state index is 0.0989. The van der Waals surface area contributed by atoms with Crippen molar-refractivity contribution in [2.24, 2.45) is 0 Å². The van der Waals surface area contributed by atoms with E-state index < -0.39 is 5.97 Å². The topological polar surface area (TPSA) is 62.2 Å². The van der Waals surface area contributed by atoms with Crippen molar-refractivity contribution in [2.75, 3.05) is 5.32 Å². The Morgan fingerprint density at radius 3 is 2.88 bits per heavy atom. The van der Waals surface area contributed by atoms with Gasteiger partial charge in [0.15, 0.2) is 0 Å². The molecule has 17 heavy (non-hydrogen) atoms. The summed E-state index contributed by atoms with van der Waals surface area (Å²) in [6, 6.07) is 1.68. The second-order valence-electron chi connectivity index (χ2n) is 4.05. The first-order valence-corrected chi connectivity index (χ1v) is 6.07.